The fourth-order valence-corrected chi connectivity index (χ4v) is 7.47. The van der Waals surface area contributed by atoms with E-state index < -0.39 is 0 Å². The highest BCUT2D eigenvalue weighted by Crippen LogP contribution is 2.35. The van der Waals surface area contributed by atoms with Gasteiger partial charge in [-0.2, -0.15) is 0 Å². The van der Waals surface area contributed by atoms with E-state index in [1.807, 2.05) is 30.3 Å². The number of carbonyl (C=O) groups is 2. The number of hydrogen-bond donors (Lipinski definition) is 0. The van der Waals surface area contributed by atoms with Gasteiger partial charge in [-0.15, -0.1) is 0 Å². The lowest BCUT2D eigenvalue weighted by Crippen LogP contribution is -2.52. The van der Waals surface area contributed by atoms with Crippen molar-refractivity contribution in [3.8, 4) is 0 Å². The summed E-state index contributed by atoms with van der Waals surface area (Å²) in [4.78, 5) is 34.4. The standard InChI is InChI=1S/C35H37N3O2/c1-24-21-27-11-4-7-15-32(27)38(24)34(39)28-12-8-18-37(23-28)29-16-19-36(20-17-29)35(40)33-30-13-5-2-9-25(30)22-26-10-3-6-14-31(26)33/h2-7,9-11,13-15,22,24,28-29H,8,12,16-21,23H2,1H3. The van der Waals surface area contributed by atoms with E-state index in [-0.39, 0.29) is 23.8 Å². The SMILES string of the molecule is CC1Cc2ccccc2N1C(=O)C1CCCN(C2CCN(C(=O)c3c4ccccc4cc4ccccc34)CC2)C1. The van der Waals surface area contributed by atoms with Crippen LogP contribution in [0.5, 0.6) is 0 Å². The fraction of sp³-hybridized carbons (Fsp3) is 0.371. The number of carbonyl (C=O) groups excluding carboxylic acids is 2. The minimum Gasteiger partial charge on any atom is -0.338 e. The third-order valence-electron chi connectivity index (χ3n) is 9.50. The van der Waals surface area contributed by atoms with Crippen molar-refractivity contribution in [1.29, 1.82) is 0 Å². The van der Waals surface area contributed by atoms with Gasteiger partial charge in [0.2, 0.25) is 5.91 Å². The largest absolute Gasteiger partial charge is 0.338 e. The number of anilines is 1. The van der Waals surface area contributed by atoms with Gasteiger partial charge < -0.3 is 9.80 Å². The molecule has 0 aromatic heterocycles. The molecule has 3 aliphatic heterocycles. The highest BCUT2D eigenvalue weighted by Gasteiger charge is 2.38. The second-order valence-corrected chi connectivity index (χ2v) is 11.9. The molecule has 0 aliphatic carbocycles. The molecule has 2 unspecified atom stereocenters. The number of amides is 2. The van der Waals surface area contributed by atoms with Crippen molar-refractivity contribution in [1.82, 2.24) is 9.80 Å². The van der Waals surface area contributed by atoms with Gasteiger partial charge in [0.25, 0.3) is 5.91 Å². The van der Waals surface area contributed by atoms with Gasteiger partial charge in [-0.3, -0.25) is 14.5 Å². The van der Waals surface area contributed by atoms with Crippen LogP contribution in [-0.4, -0.2) is 59.9 Å². The number of nitrogens with zero attached hydrogens (tertiary/aromatic N) is 3. The Balaban J connectivity index is 1.05. The third-order valence-corrected chi connectivity index (χ3v) is 9.50. The lowest BCUT2D eigenvalue weighted by molar-refractivity contribution is -0.124. The molecule has 5 nitrogen and oxygen atoms in total. The molecule has 2 atom stereocenters. The molecule has 5 heteroatoms. The van der Waals surface area contributed by atoms with Crippen LogP contribution < -0.4 is 4.90 Å². The molecule has 2 saturated heterocycles. The maximum Gasteiger partial charge on any atom is 0.255 e. The van der Waals surface area contributed by atoms with Gasteiger partial charge in [0.05, 0.1) is 11.5 Å². The number of para-hydroxylation sites is 1. The predicted molar refractivity (Wildman–Crippen MR) is 162 cm³/mol. The van der Waals surface area contributed by atoms with Crippen LogP contribution in [-0.2, 0) is 11.2 Å². The summed E-state index contributed by atoms with van der Waals surface area (Å²) in [7, 11) is 0. The van der Waals surface area contributed by atoms with E-state index in [1.165, 1.54) is 5.56 Å². The van der Waals surface area contributed by atoms with Crippen LogP contribution in [0, 0.1) is 5.92 Å². The molecule has 204 valence electrons. The predicted octanol–water partition coefficient (Wildman–Crippen LogP) is 6.29. The van der Waals surface area contributed by atoms with Crippen molar-refractivity contribution in [2.75, 3.05) is 31.1 Å². The van der Waals surface area contributed by atoms with Crippen molar-refractivity contribution >= 4 is 39.0 Å². The van der Waals surface area contributed by atoms with Crippen molar-refractivity contribution in [3.63, 3.8) is 0 Å². The smallest absolute Gasteiger partial charge is 0.255 e. The summed E-state index contributed by atoms with van der Waals surface area (Å²) in [6.07, 6.45) is 4.88. The number of likely N-dealkylation sites (tertiary alicyclic amines) is 2. The fourth-order valence-electron chi connectivity index (χ4n) is 7.47. The molecule has 2 amide bonds. The average Bonchev–Trinajstić information content (AvgIpc) is 3.34. The maximum absolute atomic E-state index is 14.0. The van der Waals surface area contributed by atoms with Gasteiger partial charge in [-0.25, -0.2) is 0 Å². The van der Waals surface area contributed by atoms with Crippen LogP contribution in [0.25, 0.3) is 21.5 Å². The van der Waals surface area contributed by atoms with Crippen molar-refractivity contribution in [3.05, 3.63) is 90.0 Å². The minimum absolute atomic E-state index is 0.0454. The first kappa shape index (κ1) is 25.3. The molecular formula is C35H37N3O2. The molecule has 0 spiro atoms. The number of rotatable bonds is 3. The van der Waals surface area contributed by atoms with Gasteiger partial charge in [0.1, 0.15) is 0 Å². The third kappa shape index (κ3) is 4.37. The van der Waals surface area contributed by atoms with E-state index in [0.29, 0.717) is 6.04 Å². The quantitative estimate of drug-likeness (QED) is 0.292. The average molecular weight is 532 g/mol. The normalized spacial score (nSPS) is 22.1. The number of piperidine rings is 2. The Morgan fingerprint density at radius 3 is 2.15 bits per heavy atom. The molecule has 4 aromatic rings. The van der Waals surface area contributed by atoms with Gasteiger partial charge in [-0.1, -0.05) is 66.7 Å². The molecule has 3 aliphatic rings. The Morgan fingerprint density at radius 2 is 1.43 bits per heavy atom. The first-order valence-corrected chi connectivity index (χ1v) is 14.9. The second kappa shape index (κ2) is 10.4. The molecule has 3 heterocycles. The number of hydrogen-bond acceptors (Lipinski definition) is 3. The zero-order chi connectivity index (χ0) is 27.2. The summed E-state index contributed by atoms with van der Waals surface area (Å²) in [5.41, 5.74) is 3.22. The van der Waals surface area contributed by atoms with E-state index in [1.54, 1.807) is 0 Å². The molecule has 4 aromatic carbocycles. The van der Waals surface area contributed by atoms with Gasteiger partial charge in [-0.05, 0) is 84.8 Å². The number of fused-ring (bicyclic) bond motifs is 3. The summed E-state index contributed by atoms with van der Waals surface area (Å²) < 4.78 is 0. The summed E-state index contributed by atoms with van der Waals surface area (Å²) in [6, 6.07) is 27.7. The molecule has 40 heavy (non-hydrogen) atoms. The van der Waals surface area contributed by atoms with E-state index in [0.717, 1.165) is 91.1 Å². The Bertz CT molecular complexity index is 1530. The van der Waals surface area contributed by atoms with Crippen LogP contribution in [0.2, 0.25) is 0 Å². The summed E-state index contributed by atoms with van der Waals surface area (Å²) in [5.74, 6) is 0.474. The van der Waals surface area contributed by atoms with E-state index >= 15 is 0 Å². The van der Waals surface area contributed by atoms with Crippen LogP contribution in [0.1, 0.15) is 48.5 Å². The van der Waals surface area contributed by atoms with Crippen molar-refractivity contribution in [2.45, 2.75) is 51.1 Å². The van der Waals surface area contributed by atoms with Crippen LogP contribution >= 0.6 is 0 Å². The molecular weight excluding hydrogens is 494 g/mol. The first-order chi connectivity index (χ1) is 19.6. The van der Waals surface area contributed by atoms with Crippen LogP contribution in [0.3, 0.4) is 0 Å². The minimum atomic E-state index is 0.0454. The monoisotopic (exact) mass is 531 g/mol. The Morgan fingerprint density at radius 1 is 0.775 bits per heavy atom. The molecule has 7 rings (SSSR count). The van der Waals surface area contributed by atoms with E-state index in [4.69, 9.17) is 0 Å². The molecule has 2 fully saturated rings. The Kier molecular flexibility index (Phi) is 6.55. The topological polar surface area (TPSA) is 43.9 Å². The molecule has 0 N–H and O–H groups in total. The zero-order valence-corrected chi connectivity index (χ0v) is 23.3. The summed E-state index contributed by atoms with van der Waals surface area (Å²) in [6.45, 7) is 5.56. The lowest BCUT2D eigenvalue weighted by Gasteiger charge is -2.43. The zero-order valence-electron chi connectivity index (χ0n) is 23.3. The van der Waals surface area contributed by atoms with Crippen LogP contribution in [0.15, 0.2) is 78.9 Å². The molecule has 0 bridgehead atoms. The highest BCUT2D eigenvalue weighted by atomic mass is 16.2. The second-order valence-electron chi connectivity index (χ2n) is 11.9. The van der Waals surface area contributed by atoms with E-state index in [2.05, 4.69) is 70.2 Å². The molecule has 0 radical (unpaired) electrons. The maximum atomic E-state index is 14.0. The lowest BCUT2D eigenvalue weighted by atomic mass is 9.92. The van der Waals surface area contributed by atoms with Gasteiger partial charge in [0, 0.05) is 37.4 Å². The van der Waals surface area contributed by atoms with Crippen molar-refractivity contribution < 1.29 is 9.59 Å². The highest BCUT2D eigenvalue weighted by molar-refractivity contribution is 6.18. The van der Waals surface area contributed by atoms with Gasteiger partial charge >= 0.3 is 0 Å². The first-order valence-electron chi connectivity index (χ1n) is 14.9. The Hall–Kier alpha value is -3.70. The molecule has 0 saturated carbocycles. The van der Waals surface area contributed by atoms with Gasteiger partial charge in [0.15, 0.2) is 0 Å². The number of benzene rings is 4. The van der Waals surface area contributed by atoms with Crippen molar-refractivity contribution in [2.24, 2.45) is 5.92 Å². The Labute approximate surface area is 236 Å². The van der Waals surface area contributed by atoms with Crippen LogP contribution in [0.4, 0.5) is 5.69 Å². The summed E-state index contributed by atoms with van der Waals surface area (Å²) >= 11 is 0. The summed E-state index contributed by atoms with van der Waals surface area (Å²) in [5, 5.41) is 4.28. The van der Waals surface area contributed by atoms with E-state index in [9.17, 15) is 9.59 Å².